The van der Waals surface area contributed by atoms with Crippen LogP contribution in [0.2, 0.25) is 0 Å². The van der Waals surface area contributed by atoms with Crippen LogP contribution < -0.4 is 15.4 Å². The van der Waals surface area contributed by atoms with Crippen molar-refractivity contribution in [1.82, 2.24) is 10.6 Å². The summed E-state index contributed by atoms with van der Waals surface area (Å²) in [5, 5.41) is 5.99. The number of unbranched alkanes of at least 4 members (excludes halogenated alkanes) is 1. The van der Waals surface area contributed by atoms with Gasteiger partial charge in [0.2, 0.25) is 0 Å². The first-order valence-corrected chi connectivity index (χ1v) is 6.58. The molecule has 0 saturated heterocycles. The SMILES string of the molecule is CNCCCCNC(=O)c1sc(C)cc1OC. The lowest BCUT2D eigenvalue weighted by Gasteiger charge is -2.05. The molecule has 17 heavy (non-hydrogen) atoms. The van der Waals surface area contributed by atoms with Crippen LogP contribution in [0.3, 0.4) is 0 Å². The van der Waals surface area contributed by atoms with E-state index in [-0.39, 0.29) is 5.91 Å². The standard InChI is InChI=1S/C12H20N2O2S/c1-9-8-10(16-3)11(17-9)12(15)14-7-5-4-6-13-2/h8,13H,4-7H2,1-3H3,(H,14,15). The van der Waals surface area contributed by atoms with Crippen LogP contribution in [0, 0.1) is 6.92 Å². The van der Waals surface area contributed by atoms with Gasteiger partial charge >= 0.3 is 0 Å². The number of carbonyl (C=O) groups excluding carboxylic acids is 1. The maximum Gasteiger partial charge on any atom is 0.265 e. The van der Waals surface area contributed by atoms with Crippen LogP contribution >= 0.6 is 11.3 Å². The van der Waals surface area contributed by atoms with Crippen molar-refractivity contribution >= 4 is 17.2 Å². The summed E-state index contributed by atoms with van der Waals surface area (Å²) in [6, 6.07) is 1.89. The molecule has 5 heteroatoms. The van der Waals surface area contributed by atoms with Gasteiger partial charge in [-0.15, -0.1) is 11.3 Å². The Labute approximate surface area is 106 Å². The molecule has 0 fully saturated rings. The Balaban J connectivity index is 2.41. The minimum atomic E-state index is -0.0376. The second-order valence-corrected chi connectivity index (χ2v) is 5.08. The van der Waals surface area contributed by atoms with E-state index in [4.69, 9.17) is 4.74 Å². The van der Waals surface area contributed by atoms with Crippen molar-refractivity contribution in [2.75, 3.05) is 27.2 Å². The van der Waals surface area contributed by atoms with Gasteiger partial charge in [-0.3, -0.25) is 4.79 Å². The van der Waals surface area contributed by atoms with E-state index in [0.717, 1.165) is 24.3 Å². The minimum Gasteiger partial charge on any atom is -0.495 e. The molecule has 1 aromatic rings. The van der Waals surface area contributed by atoms with Crippen molar-refractivity contribution in [3.63, 3.8) is 0 Å². The van der Waals surface area contributed by atoms with Gasteiger partial charge in [-0.05, 0) is 39.4 Å². The maximum atomic E-state index is 11.9. The second-order valence-electron chi connectivity index (χ2n) is 3.82. The summed E-state index contributed by atoms with van der Waals surface area (Å²) < 4.78 is 5.17. The predicted molar refractivity (Wildman–Crippen MR) is 71.1 cm³/mol. The average Bonchev–Trinajstić information content (AvgIpc) is 2.70. The maximum absolute atomic E-state index is 11.9. The molecule has 0 aliphatic carbocycles. The first-order valence-electron chi connectivity index (χ1n) is 5.76. The van der Waals surface area contributed by atoms with E-state index in [1.807, 2.05) is 20.0 Å². The van der Waals surface area contributed by atoms with Gasteiger partial charge in [-0.1, -0.05) is 0 Å². The van der Waals surface area contributed by atoms with Gasteiger partial charge in [-0.25, -0.2) is 0 Å². The van der Waals surface area contributed by atoms with Crippen LogP contribution in [0.25, 0.3) is 0 Å². The van der Waals surface area contributed by atoms with Crippen LogP contribution in [0.4, 0.5) is 0 Å². The van der Waals surface area contributed by atoms with Gasteiger partial charge in [0.1, 0.15) is 10.6 Å². The third-order valence-corrected chi connectivity index (χ3v) is 3.42. The van der Waals surface area contributed by atoms with Crippen molar-refractivity contribution in [3.8, 4) is 5.75 Å². The number of nitrogens with one attached hydrogen (secondary N) is 2. The van der Waals surface area contributed by atoms with Crippen molar-refractivity contribution in [2.24, 2.45) is 0 Å². The number of ether oxygens (including phenoxy) is 1. The molecule has 0 saturated carbocycles. The second kappa shape index (κ2) is 7.29. The number of methoxy groups -OCH3 is 1. The molecule has 0 atom stereocenters. The molecule has 0 bridgehead atoms. The molecule has 0 radical (unpaired) electrons. The first kappa shape index (κ1) is 14.0. The molecule has 0 aliphatic rings. The van der Waals surface area contributed by atoms with Gasteiger partial charge in [-0.2, -0.15) is 0 Å². The molecule has 0 unspecified atom stereocenters. The number of aryl methyl sites for hydroxylation is 1. The molecule has 96 valence electrons. The summed E-state index contributed by atoms with van der Waals surface area (Å²) >= 11 is 1.47. The molecule has 1 amide bonds. The van der Waals surface area contributed by atoms with Crippen LogP contribution in [0.5, 0.6) is 5.75 Å². The zero-order valence-corrected chi connectivity index (χ0v) is 11.4. The quantitative estimate of drug-likeness (QED) is 0.731. The molecule has 0 spiro atoms. The summed E-state index contributed by atoms with van der Waals surface area (Å²) in [6.07, 6.45) is 2.05. The van der Waals surface area contributed by atoms with Crippen molar-refractivity contribution in [3.05, 3.63) is 15.8 Å². The van der Waals surface area contributed by atoms with Crippen molar-refractivity contribution in [2.45, 2.75) is 19.8 Å². The highest BCUT2D eigenvalue weighted by molar-refractivity contribution is 7.14. The normalized spacial score (nSPS) is 10.3. The highest BCUT2D eigenvalue weighted by atomic mass is 32.1. The number of rotatable bonds is 7. The zero-order valence-electron chi connectivity index (χ0n) is 10.6. The van der Waals surface area contributed by atoms with Gasteiger partial charge < -0.3 is 15.4 Å². The number of thiophene rings is 1. The van der Waals surface area contributed by atoms with Crippen LogP contribution in [-0.2, 0) is 0 Å². The summed E-state index contributed by atoms with van der Waals surface area (Å²) in [7, 11) is 3.52. The van der Waals surface area contributed by atoms with E-state index in [1.54, 1.807) is 7.11 Å². The first-order chi connectivity index (χ1) is 8.19. The van der Waals surface area contributed by atoms with Gasteiger partial charge in [0.15, 0.2) is 0 Å². The predicted octanol–water partition coefficient (Wildman–Crippen LogP) is 1.79. The van der Waals surface area contributed by atoms with Crippen molar-refractivity contribution in [1.29, 1.82) is 0 Å². The fraction of sp³-hybridized carbons (Fsp3) is 0.583. The van der Waals surface area contributed by atoms with Crippen molar-refractivity contribution < 1.29 is 9.53 Å². The Hall–Kier alpha value is -1.07. The fourth-order valence-corrected chi connectivity index (χ4v) is 2.41. The molecular weight excluding hydrogens is 236 g/mol. The highest BCUT2D eigenvalue weighted by Crippen LogP contribution is 2.28. The van der Waals surface area contributed by atoms with E-state index < -0.39 is 0 Å². The fourth-order valence-electron chi connectivity index (χ4n) is 1.51. The Morgan fingerprint density at radius 1 is 1.41 bits per heavy atom. The van der Waals surface area contributed by atoms with Crippen LogP contribution in [-0.4, -0.2) is 33.2 Å². The molecular formula is C12H20N2O2S. The third-order valence-electron chi connectivity index (χ3n) is 2.39. The summed E-state index contributed by atoms with van der Waals surface area (Å²) in [4.78, 5) is 13.6. The molecule has 2 N–H and O–H groups in total. The summed E-state index contributed by atoms with van der Waals surface area (Å²) in [6.45, 7) is 3.66. The zero-order chi connectivity index (χ0) is 12.7. The minimum absolute atomic E-state index is 0.0376. The van der Waals surface area contributed by atoms with E-state index in [9.17, 15) is 4.79 Å². The molecule has 1 heterocycles. The van der Waals surface area contributed by atoms with Crippen LogP contribution in [0.1, 0.15) is 27.4 Å². The Bertz CT molecular complexity index is 363. The Morgan fingerprint density at radius 2 is 2.12 bits per heavy atom. The molecule has 1 rings (SSSR count). The molecule has 4 nitrogen and oxygen atoms in total. The Morgan fingerprint density at radius 3 is 2.76 bits per heavy atom. The topological polar surface area (TPSA) is 50.4 Å². The number of amides is 1. The van der Waals surface area contributed by atoms with E-state index >= 15 is 0 Å². The van der Waals surface area contributed by atoms with Gasteiger partial charge in [0.25, 0.3) is 5.91 Å². The van der Waals surface area contributed by atoms with E-state index in [0.29, 0.717) is 17.2 Å². The summed E-state index contributed by atoms with van der Waals surface area (Å²) in [5.74, 6) is 0.629. The van der Waals surface area contributed by atoms with E-state index in [1.165, 1.54) is 11.3 Å². The lowest BCUT2D eigenvalue weighted by atomic mass is 10.3. The smallest absolute Gasteiger partial charge is 0.265 e. The summed E-state index contributed by atoms with van der Waals surface area (Å²) in [5.41, 5.74) is 0. The molecule has 1 aromatic heterocycles. The van der Waals surface area contributed by atoms with Crippen LogP contribution in [0.15, 0.2) is 6.07 Å². The van der Waals surface area contributed by atoms with Gasteiger partial charge in [0.05, 0.1) is 7.11 Å². The molecule has 0 aliphatic heterocycles. The largest absolute Gasteiger partial charge is 0.495 e. The third kappa shape index (κ3) is 4.36. The Kier molecular flexibility index (Phi) is 6.00. The molecule has 0 aromatic carbocycles. The average molecular weight is 256 g/mol. The van der Waals surface area contributed by atoms with Gasteiger partial charge in [0, 0.05) is 11.4 Å². The highest BCUT2D eigenvalue weighted by Gasteiger charge is 2.14. The number of hydrogen-bond donors (Lipinski definition) is 2. The number of carbonyl (C=O) groups is 1. The number of hydrogen-bond acceptors (Lipinski definition) is 4. The lowest BCUT2D eigenvalue weighted by molar-refractivity contribution is 0.0954. The monoisotopic (exact) mass is 256 g/mol. The van der Waals surface area contributed by atoms with E-state index in [2.05, 4.69) is 10.6 Å². The lowest BCUT2D eigenvalue weighted by Crippen LogP contribution is -2.24.